The standard InChI is InChI=1S/C8H20N.C2H2O4.2Na/c1-5-9(6-2,7-3)8-4;3-1(4)2(5)6;;/h5-8H2,1-4H3;(H,3,4)(H,5,6);;/q+1;;2*+1/p-2. The van der Waals surface area contributed by atoms with Gasteiger partial charge >= 0.3 is 59.1 Å². The average molecular weight is 264 g/mol. The molecule has 17 heavy (non-hydrogen) atoms. The zero-order valence-corrected chi connectivity index (χ0v) is 15.9. The van der Waals surface area contributed by atoms with Crippen LogP contribution in [0.4, 0.5) is 0 Å². The van der Waals surface area contributed by atoms with Gasteiger partial charge < -0.3 is 24.3 Å². The summed E-state index contributed by atoms with van der Waals surface area (Å²) in [6.45, 7) is 14.2. The Kier molecular flexibility index (Phi) is 23.3. The predicted molar refractivity (Wildman–Crippen MR) is 52.4 cm³/mol. The second-order valence-corrected chi connectivity index (χ2v) is 3.18. The van der Waals surface area contributed by atoms with Crippen LogP contribution in [0.5, 0.6) is 0 Å². The quantitative estimate of drug-likeness (QED) is 0.287. The summed E-state index contributed by atoms with van der Waals surface area (Å²) < 4.78 is 1.28. The van der Waals surface area contributed by atoms with Crippen molar-refractivity contribution < 1.29 is 83.4 Å². The van der Waals surface area contributed by atoms with Gasteiger partial charge in [0.2, 0.25) is 0 Å². The van der Waals surface area contributed by atoms with Gasteiger partial charge in [0.25, 0.3) is 0 Å². The molecule has 7 heteroatoms. The Labute approximate surface area is 148 Å². The third-order valence-corrected chi connectivity index (χ3v) is 2.85. The molecule has 0 spiro atoms. The SMILES string of the molecule is CC[N+](CC)(CC)CC.O=C([O-])C(=O)[O-].[Na+].[Na+]. The Hall–Kier alpha value is 0.900. The molecular formula is C10H20NNa2O4+. The van der Waals surface area contributed by atoms with Crippen molar-refractivity contribution in [3.05, 3.63) is 0 Å². The number of carboxylic acids is 2. The topological polar surface area (TPSA) is 80.3 Å². The molecule has 0 N–H and O–H groups in total. The number of carbonyl (C=O) groups excluding carboxylic acids is 2. The second kappa shape index (κ2) is 15.0. The normalized spacial score (nSPS) is 8.94. The molecule has 0 aliphatic heterocycles. The van der Waals surface area contributed by atoms with Gasteiger partial charge in [0, 0.05) is 0 Å². The third-order valence-electron chi connectivity index (χ3n) is 2.85. The molecule has 0 rings (SSSR count). The van der Waals surface area contributed by atoms with E-state index in [1.165, 1.54) is 30.7 Å². The molecule has 0 saturated carbocycles. The first kappa shape index (κ1) is 26.5. The number of nitrogens with zero attached hydrogens (tertiary/aromatic N) is 1. The van der Waals surface area contributed by atoms with E-state index in [2.05, 4.69) is 27.7 Å². The number of rotatable bonds is 4. The third kappa shape index (κ3) is 13.1. The van der Waals surface area contributed by atoms with Gasteiger partial charge in [0.05, 0.1) is 38.1 Å². The molecule has 0 bridgehead atoms. The second-order valence-electron chi connectivity index (χ2n) is 3.18. The molecule has 0 aliphatic carbocycles. The molecule has 0 aromatic carbocycles. The first-order chi connectivity index (χ1) is 6.89. The van der Waals surface area contributed by atoms with Gasteiger partial charge in [-0.15, -0.1) is 0 Å². The van der Waals surface area contributed by atoms with Crippen molar-refractivity contribution in [2.45, 2.75) is 27.7 Å². The molecule has 90 valence electrons. The van der Waals surface area contributed by atoms with Crippen LogP contribution >= 0.6 is 0 Å². The zero-order valence-electron chi connectivity index (χ0n) is 11.9. The average Bonchev–Trinajstić information content (AvgIpc) is 2.23. The van der Waals surface area contributed by atoms with Crippen molar-refractivity contribution in [1.82, 2.24) is 0 Å². The van der Waals surface area contributed by atoms with Crippen LogP contribution in [0, 0.1) is 0 Å². The Morgan fingerprint density at radius 2 is 0.941 bits per heavy atom. The van der Waals surface area contributed by atoms with Crippen molar-refractivity contribution in [2.75, 3.05) is 26.2 Å². The van der Waals surface area contributed by atoms with Crippen LogP contribution in [-0.4, -0.2) is 42.6 Å². The molecule has 0 saturated heterocycles. The fraction of sp³-hybridized carbons (Fsp3) is 0.800. The van der Waals surface area contributed by atoms with Gasteiger partial charge in [0.15, 0.2) is 0 Å². The summed E-state index contributed by atoms with van der Waals surface area (Å²) in [5, 5.41) is 17.9. The van der Waals surface area contributed by atoms with Crippen LogP contribution in [0.3, 0.4) is 0 Å². The molecule has 0 unspecified atom stereocenters. The van der Waals surface area contributed by atoms with E-state index >= 15 is 0 Å². The Balaban J connectivity index is -0.0000000945. The summed E-state index contributed by atoms with van der Waals surface area (Å²) in [6, 6.07) is 0. The summed E-state index contributed by atoms with van der Waals surface area (Å²) >= 11 is 0. The minimum atomic E-state index is -2.19. The molecule has 5 nitrogen and oxygen atoms in total. The maximum absolute atomic E-state index is 8.93. The van der Waals surface area contributed by atoms with Crippen LogP contribution in [0.2, 0.25) is 0 Å². The summed E-state index contributed by atoms with van der Waals surface area (Å²) in [4.78, 5) is 17.9. The van der Waals surface area contributed by atoms with Gasteiger partial charge in [0.1, 0.15) is 0 Å². The van der Waals surface area contributed by atoms with Crippen molar-refractivity contribution in [1.29, 1.82) is 0 Å². The molecular weight excluding hydrogens is 244 g/mol. The van der Waals surface area contributed by atoms with Crippen LogP contribution < -0.4 is 69.3 Å². The minimum Gasteiger partial charge on any atom is -0.543 e. The molecule has 0 aromatic heterocycles. The molecule has 0 aromatic rings. The van der Waals surface area contributed by atoms with Crippen LogP contribution in [0.15, 0.2) is 0 Å². The Morgan fingerprint density at radius 3 is 0.941 bits per heavy atom. The number of carboxylic acid groups (broad SMARTS) is 2. The van der Waals surface area contributed by atoms with Gasteiger partial charge in [-0.1, -0.05) is 0 Å². The fourth-order valence-electron chi connectivity index (χ4n) is 1.34. The Morgan fingerprint density at radius 1 is 0.765 bits per heavy atom. The van der Waals surface area contributed by atoms with Gasteiger partial charge in [-0.3, -0.25) is 0 Å². The van der Waals surface area contributed by atoms with E-state index in [1.54, 1.807) is 0 Å². The van der Waals surface area contributed by atoms with Crippen molar-refractivity contribution in [3.8, 4) is 0 Å². The minimum absolute atomic E-state index is 0. The van der Waals surface area contributed by atoms with Gasteiger partial charge in [-0.25, -0.2) is 0 Å². The maximum atomic E-state index is 8.93. The first-order valence-electron chi connectivity index (χ1n) is 5.16. The monoisotopic (exact) mass is 264 g/mol. The first-order valence-corrected chi connectivity index (χ1v) is 5.16. The number of carbonyl (C=O) groups is 2. The zero-order chi connectivity index (χ0) is 12.5. The van der Waals surface area contributed by atoms with Crippen molar-refractivity contribution in [2.24, 2.45) is 0 Å². The van der Waals surface area contributed by atoms with E-state index in [1.807, 2.05) is 0 Å². The van der Waals surface area contributed by atoms with Crippen LogP contribution in [-0.2, 0) is 9.59 Å². The van der Waals surface area contributed by atoms with E-state index in [9.17, 15) is 0 Å². The number of hydrogen-bond acceptors (Lipinski definition) is 4. The predicted octanol–water partition coefficient (Wildman–Crippen LogP) is -7.62. The van der Waals surface area contributed by atoms with Gasteiger partial charge in [-0.05, 0) is 27.7 Å². The van der Waals surface area contributed by atoms with Crippen LogP contribution in [0.25, 0.3) is 0 Å². The van der Waals surface area contributed by atoms with E-state index in [0.717, 1.165) is 0 Å². The van der Waals surface area contributed by atoms with Crippen LogP contribution in [0.1, 0.15) is 27.7 Å². The van der Waals surface area contributed by atoms with Crippen molar-refractivity contribution >= 4 is 11.9 Å². The number of quaternary nitrogens is 1. The van der Waals surface area contributed by atoms with E-state index in [4.69, 9.17) is 19.8 Å². The van der Waals surface area contributed by atoms with E-state index in [-0.39, 0.29) is 59.1 Å². The van der Waals surface area contributed by atoms with E-state index < -0.39 is 11.9 Å². The summed E-state index contributed by atoms with van der Waals surface area (Å²) in [5.74, 6) is -4.37. The molecule has 0 fully saturated rings. The van der Waals surface area contributed by atoms with E-state index in [0.29, 0.717) is 0 Å². The molecule has 0 amide bonds. The fourth-order valence-corrected chi connectivity index (χ4v) is 1.34. The van der Waals surface area contributed by atoms with Gasteiger partial charge in [-0.2, -0.15) is 0 Å². The largest absolute Gasteiger partial charge is 1.00 e. The number of aliphatic carboxylic acids is 2. The number of hydrogen-bond donors (Lipinski definition) is 0. The smallest absolute Gasteiger partial charge is 0.543 e. The summed E-state index contributed by atoms with van der Waals surface area (Å²) in [6.07, 6.45) is 0. The molecule has 0 heterocycles. The molecule has 0 aliphatic rings. The molecule has 0 radical (unpaired) electrons. The Bertz CT molecular complexity index is 179. The molecule has 0 atom stereocenters. The maximum Gasteiger partial charge on any atom is 1.00 e. The van der Waals surface area contributed by atoms with Crippen molar-refractivity contribution in [3.63, 3.8) is 0 Å². The summed E-state index contributed by atoms with van der Waals surface area (Å²) in [7, 11) is 0. The summed E-state index contributed by atoms with van der Waals surface area (Å²) in [5.41, 5.74) is 0.